The zero-order chi connectivity index (χ0) is 14.1. The molecule has 7 nitrogen and oxygen atoms in total. The van der Waals surface area contributed by atoms with E-state index in [1.54, 1.807) is 0 Å². The van der Waals surface area contributed by atoms with Gasteiger partial charge in [0.15, 0.2) is 17.3 Å². The molecule has 0 spiro atoms. The molecule has 2 aromatic heterocycles. The molecule has 0 bridgehead atoms. The number of nitriles is 1. The van der Waals surface area contributed by atoms with Gasteiger partial charge in [-0.15, -0.1) is 0 Å². The van der Waals surface area contributed by atoms with E-state index in [1.807, 2.05) is 35.8 Å². The third-order valence-electron chi connectivity index (χ3n) is 3.17. The molecule has 3 rings (SSSR count). The fourth-order valence-corrected chi connectivity index (χ4v) is 2.21. The molecule has 2 heterocycles. The lowest BCUT2D eigenvalue weighted by atomic mass is 10.2. The summed E-state index contributed by atoms with van der Waals surface area (Å²) >= 11 is 0. The Labute approximate surface area is 114 Å². The van der Waals surface area contributed by atoms with Crippen molar-refractivity contribution in [3.63, 3.8) is 0 Å². The number of hydrogen-bond acceptors (Lipinski definition) is 6. The Morgan fingerprint density at radius 2 is 2.20 bits per heavy atom. The van der Waals surface area contributed by atoms with E-state index in [0.29, 0.717) is 17.9 Å². The van der Waals surface area contributed by atoms with Gasteiger partial charge in [0.2, 0.25) is 0 Å². The lowest BCUT2D eigenvalue weighted by Gasteiger charge is -2.12. The molecule has 0 saturated heterocycles. The number of anilines is 1. The van der Waals surface area contributed by atoms with Gasteiger partial charge in [-0.3, -0.25) is 0 Å². The Morgan fingerprint density at radius 3 is 2.85 bits per heavy atom. The first-order valence-electron chi connectivity index (χ1n) is 6.21. The summed E-state index contributed by atoms with van der Waals surface area (Å²) in [7, 11) is 0. The normalized spacial score (nSPS) is 12.4. The lowest BCUT2D eigenvalue weighted by Crippen LogP contribution is -2.08. The van der Waals surface area contributed by atoms with Crippen molar-refractivity contribution in [1.29, 1.82) is 5.26 Å². The number of aromatic nitrogens is 4. The quantitative estimate of drug-likeness (QED) is 0.779. The maximum absolute atomic E-state index is 9.36. The molecular weight excluding hydrogens is 256 g/mol. The molecule has 0 aliphatic heterocycles. The van der Waals surface area contributed by atoms with E-state index in [-0.39, 0.29) is 11.9 Å². The summed E-state index contributed by atoms with van der Waals surface area (Å²) in [6.45, 7) is 1.94. The molecule has 0 saturated carbocycles. The van der Waals surface area contributed by atoms with Gasteiger partial charge in [-0.2, -0.15) is 5.26 Å². The molecule has 0 fully saturated rings. The standard InChI is InChI=1S/C13H12N6O/c1-2-8(7-14)19-10-6-4-3-5-9(10)16-13(19)11-12(15)18-20-17-11/h3-6,8H,2H2,1H3,(H2,15,18). The molecule has 0 radical (unpaired) electrons. The largest absolute Gasteiger partial charge is 0.379 e. The van der Waals surface area contributed by atoms with Crippen LogP contribution in [-0.4, -0.2) is 19.9 Å². The first-order valence-corrected chi connectivity index (χ1v) is 6.21. The maximum Gasteiger partial charge on any atom is 0.199 e. The first kappa shape index (κ1) is 12.2. The van der Waals surface area contributed by atoms with E-state index in [2.05, 4.69) is 26.0 Å². The van der Waals surface area contributed by atoms with Crippen LogP contribution in [0.2, 0.25) is 0 Å². The van der Waals surface area contributed by atoms with Crippen molar-refractivity contribution in [3.8, 4) is 17.6 Å². The number of fused-ring (bicyclic) bond motifs is 1. The van der Waals surface area contributed by atoms with Crippen LogP contribution >= 0.6 is 0 Å². The molecule has 1 atom stereocenters. The van der Waals surface area contributed by atoms with Gasteiger partial charge in [-0.25, -0.2) is 9.61 Å². The van der Waals surface area contributed by atoms with Gasteiger partial charge >= 0.3 is 0 Å². The van der Waals surface area contributed by atoms with Crippen LogP contribution in [0.5, 0.6) is 0 Å². The SMILES string of the molecule is CCC(C#N)n1c(-c2nonc2N)nc2ccccc21. The van der Waals surface area contributed by atoms with E-state index < -0.39 is 0 Å². The van der Waals surface area contributed by atoms with Crippen molar-refractivity contribution in [2.75, 3.05) is 5.73 Å². The lowest BCUT2D eigenvalue weighted by molar-refractivity contribution is 0.310. The first-order chi connectivity index (χ1) is 9.76. The van der Waals surface area contributed by atoms with Crippen molar-refractivity contribution >= 4 is 16.9 Å². The summed E-state index contributed by atoms with van der Waals surface area (Å²) in [5.74, 6) is 0.660. The molecule has 20 heavy (non-hydrogen) atoms. The zero-order valence-electron chi connectivity index (χ0n) is 10.8. The van der Waals surface area contributed by atoms with E-state index in [0.717, 1.165) is 11.0 Å². The Morgan fingerprint density at radius 1 is 1.40 bits per heavy atom. The third-order valence-corrected chi connectivity index (χ3v) is 3.17. The Hall–Kier alpha value is -2.88. The van der Waals surface area contributed by atoms with E-state index >= 15 is 0 Å². The molecule has 1 unspecified atom stereocenters. The topological polar surface area (TPSA) is 107 Å². The molecule has 0 aliphatic carbocycles. The highest BCUT2D eigenvalue weighted by molar-refractivity contribution is 5.81. The second-order valence-electron chi connectivity index (χ2n) is 4.35. The number of nitrogens with zero attached hydrogens (tertiary/aromatic N) is 5. The van der Waals surface area contributed by atoms with Crippen LogP contribution < -0.4 is 5.73 Å². The van der Waals surface area contributed by atoms with Gasteiger partial charge in [0.1, 0.15) is 6.04 Å². The van der Waals surface area contributed by atoms with Gasteiger partial charge in [0.05, 0.1) is 17.1 Å². The third kappa shape index (κ3) is 1.70. The molecular formula is C13H12N6O. The minimum absolute atomic E-state index is 0.161. The van der Waals surface area contributed by atoms with Crippen LogP contribution in [0.15, 0.2) is 28.9 Å². The zero-order valence-corrected chi connectivity index (χ0v) is 10.8. The fourth-order valence-electron chi connectivity index (χ4n) is 2.21. The van der Waals surface area contributed by atoms with E-state index in [1.165, 1.54) is 0 Å². The Bertz CT molecular complexity index is 797. The summed E-state index contributed by atoms with van der Waals surface area (Å²) in [4.78, 5) is 4.50. The van der Waals surface area contributed by atoms with Crippen LogP contribution in [-0.2, 0) is 0 Å². The fraction of sp³-hybridized carbons (Fsp3) is 0.231. The number of rotatable bonds is 3. The molecule has 1 aromatic carbocycles. The summed E-state index contributed by atoms with van der Waals surface area (Å²) in [6.07, 6.45) is 0.648. The number of imidazole rings is 1. The van der Waals surface area contributed by atoms with Crippen LogP contribution in [0, 0.1) is 11.3 Å². The summed E-state index contributed by atoms with van der Waals surface area (Å²) in [5, 5.41) is 16.7. The van der Waals surface area contributed by atoms with Gasteiger partial charge in [-0.1, -0.05) is 19.1 Å². The number of nitrogen functional groups attached to an aromatic ring is 1. The average molecular weight is 268 g/mol. The number of nitrogens with two attached hydrogens (primary N) is 1. The maximum atomic E-state index is 9.36. The van der Waals surface area contributed by atoms with Crippen molar-refractivity contribution in [1.82, 2.24) is 19.9 Å². The smallest absolute Gasteiger partial charge is 0.199 e. The number of hydrogen-bond donors (Lipinski definition) is 1. The van der Waals surface area contributed by atoms with Gasteiger partial charge < -0.3 is 10.3 Å². The Balaban J connectivity index is 2.34. The summed E-state index contributed by atoms with van der Waals surface area (Å²) in [6, 6.07) is 9.50. The van der Waals surface area contributed by atoms with E-state index in [4.69, 9.17) is 5.73 Å². The van der Waals surface area contributed by atoms with Crippen molar-refractivity contribution < 1.29 is 4.63 Å². The summed E-state index contributed by atoms with van der Waals surface area (Å²) < 4.78 is 6.46. The molecule has 0 aliphatic rings. The Kier molecular flexibility index (Phi) is 2.84. The predicted octanol–water partition coefficient (Wildman–Crippen LogP) is 2.14. The van der Waals surface area contributed by atoms with Crippen LogP contribution in [0.1, 0.15) is 19.4 Å². The van der Waals surface area contributed by atoms with Crippen molar-refractivity contribution in [2.45, 2.75) is 19.4 Å². The molecule has 2 N–H and O–H groups in total. The highest BCUT2D eigenvalue weighted by Crippen LogP contribution is 2.30. The second kappa shape index (κ2) is 4.66. The van der Waals surface area contributed by atoms with Crippen molar-refractivity contribution in [2.24, 2.45) is 0 Å². The molecule has 100 valence electrons. The molecule has 3 aromatic rings. The van der Waals surface area contributed by atoms with Crippen LogP contribution in [0.3, 0.4) is 0 Å². The average Bonchev–Trinajstić information content (AvgIpc) is 3.04. The second-order valence-corrected chi connectivity index (χ2v) is 4.35. The monoisotopic (exact) mass is 268 g/mol. The minimum Gasteiger partial charge on any atom is -0.379 e. The van der Waals surface area contributed by atoms with Crippen molar-refractivity contribution in [3.05, 3.63) is 24.3 Å². The summed E-state index contributed by atoms with van der Waals surface area (Å²) in [5.41, 5.74) is 7.74. The highest BCUT2D eigenvalue weighted by atomic mass is 16.6. The predicted molar refractivity (Wildman–Crippen MR) is 72.4 cm³/mol. The minimum atomic E-state index is -0.353. The highest BCUT2D eigenvalue weighted by Gasteiger charge is 2.22. The number of para-hydroxylation sites is 2. The van der Waals surface area contributed by atoms with Gasteiger partial charge in [0, 0.05) is 0 Å². The van der Waals surface area contributed by atoms with Gasteiger partial charge in [-0.05, 0) is 28.9 Å². The number of benzene rings is 1. The van der Waals surface area contributed by atoms with Crippen LogP contribution in [0.25, 0.3) is 22.6 Å². The van der Waals surface area contributed by atoms with Gasteiger partial charge in [0.25, 0.3) is 0 Å². The molecule has 7 heteroatoms. The van der Waals surface area contributed by atoms with Crippen LogP contribution in [0.4, 0.5) is 5.82 Å². The van der Waals surface area contributed by atoms with E-state index in [9.17, 15) is 5.26 Å². The molecule has 0 amide bonds.